The maximum absolute atomic E-state index is 9.87. The molecule has 3 nitrogen and oxygen atoms in total. The third-order valence-corrected chi connectivity index (χ3v) is 2.68. The van der Waals surface area contributed by atoms with Gasteiger partial charge in [0.1, 0.15) is 11.5 Å². The summed E-state index contributed by atoms with van der Waals surface area (Å²) in [5.41, 5.74) is 0.640. The Labute approximate surface area is 106 Å². The number of rotatable bonds is 4. The van der Waals surface area contributed by atoms with E-state index in [1.54, 1.807) is 12.1 Å². The predicted octanol–water partition coefficient (Wildman–Crippen LogP) is 3.84. The van der Waals surface area contributed by atoms with Crippen LogP contribution in [0.15, 0.2) is 42.5 Å². The molecule has 2 N–H and O–H groups in total. The second-order valence-electron chi connectivity index (χ2n) is 4.08. The highest BCUT2D eigenvalue weighted by molar-refractivity contribution is 5.54. The van der Waals surface area contributed by atoms with E-state index >= 15 is 0 Å². The maximum Gasteiger partial charge on any atom is 0.175 e. The van der Waals surface area contributed by atoms with Crippen LogP contribution in [-0.4, -0.2) is 10.2 Å². The number of benzene rings is 2. The molecule has 0 heterocycles. The van der Waals surface area contributed by atoms with Gasteiger partial charge < -0.3 is 14.9 Å². The highest BCUT2D eigenvalue weighted by atomic mass is 16.5. The fourth-order valence-electron chi connectivity index (χ4n) is 1.82. The lowest BCUT2D eigenvalue weighted by Crippen LogP contribution is -1.93. The third-order valence-electron chi connectivity index (χ3n) is 2.68. The molecule has 3 heteroatoms. The molecule has 0 unspecified atom stereocenters. The number of phenols is 2. The van der Waals surface area contributed by atoms with Gasteiger partial charge in [-0.3, -0.25) is 0 Å². The van der Waals surface area contributed by atoms with E-state index in [2.05, 4.69) is 0 Å². The van der Waals surface area contributed by atoms with Crippen molar-refractivity contribution in [2.24, 2.45) is 0 Å². The van der Waals surface area contributed by atoms with Crippen LogP contribution in [-0.2, 0) is 6.42 Å². The Kier molecular flexibility index (Phi) is 3.72. The molecular weight excluding hydrogens is 228 g/mol. The number of hydrogen-bond donors (Lipinski definition) is 2. The van der Waals surface area contributed by atoms with Gasteiger partial charge in [0.15, 0.2) is 11.5 Å². The van der Waals surface area contributed by atoms with E-state index in [1.807, 2.05) is 25.1 Å². The van der Waals surface area contributed by atoms with Crippen molar-refractivity contribution in [3.63, 3.8) is 0 Å². The van der Waals surface area contributed by atoms with Gasteiger partial charge in [0.25, 0.3) is 0 Å². The molecule has 0 spiro atoms. The average Bonchev–Trinajstić information content (AvgIpc) is 2.39. The summed E-state index contributed by atoms with van der Waals surface area (Å²) in [6.07, 6.45) is 1.52. The van der Waals surface area contributed by atoms with Gasteiger partial charge in [-0.2, -0.15) is 0 Å². The molecule has 0 saturated carbocycles. The molecule has 0 aliphatic heterocycles. The van der Waals surface area contributed by atoms with E-state index in [1.165, 1.54) is 12.1 Å². The topological polar surface area (TPSA) is 49.7 Å². The van der Waals surface area contributed by atoms with Crippen LogP contribution in [0.25, 0.3) is 0 Å². The van der Waals surface area contributed by atoms with Crippen molar-refractivity contribution >= 4 is 0 Å². The first kappa shape index (κ1) is 12.3. The summed E-state index contributed by atoms with van der Waals surface area (Å²) in [6.45, 7) is 2.01. The minimum Gasteiger partial charge on any atom is -0.508 e. The van der Waals surface area contributed by atoms with E-state index in [0.29, 0.717) is 23.5 Å². The summed E-state index contributed by atoms with van der Waals surface area (Å²) in [5, 5.41) is 19.7. The zero-order chi connectivity index (χ0) is 13.0. The average molecular weight is 244 g/mol. The molecular formula is C15H16O3. The lowest BCUT2D eigenvalue weighted by molar-refractivity contribution is 0.396. The Morgan fingerprint density at radius 2 is 1.61 bits per heavy atom. The number of ether oxygens (including phenoxy) is 1. The summed E-state index contributed by atoms with van der Waals surface area (Å²) < 4.78 is 5.66. The number of hydrogen-bond acceptors (Lipinski definition) is 3. The van der Waals surface area contributed by atoms with Crippen molar-refractivity contribution in [3.05, 3.63) is 48.0 Å². The van der Waals surface area contributed by atoms with Crippen LogP contribution in [0.4, 0.5) is 0 Å². The van der Waals surface area contributed by atoms with Crippen molar-refractivity contribution < 1.29 is 14.9 Å². The van der Waals surface area contributed by atoms with Crippen LogP contribution in [0.5, 0.6) is 23.0 Å². The highest BCUT2D eigenvalue weighted by Crippen LogP contribution is 2.39. The van der Waals surface area contributed by atoms with Gasteiger partial charge in [-0.1, -0.05) is 31.5 Å². The molecule has 2 aromatic rings. The van der Waals surface area contributed by atoms with Crippen LogP contribution >= 0.6 is 0 Å². The minimum absolute atomic E-state index is 0.0418. The summed E-state index contributed by atoms with van der Waals surface area (Å²) in [7, 11) is 0. The molecule has 0 fully saturated rings. The second-order valence-corrected chi connectivity index (χ2v) is 4.08. The molecule has 2 aromatic carbocycles. The lowest BCUT2D eigenvalue weighted by Gasteiger charge is -2.13. The van der Waals surface area contributed by atoms with E-state index in [4.69, 9.17) is 4.74 Å². The Morgan fingerprint density at radius 1 is 0.944 bits per heavy atom. The van der Waals surface area contributed by atoms with Crippen LogP contribution in [0.2, 0.25) is 0 Å². The molecule has 0 radical (unpaired) electrons. The van der Waals surface area contributed by atoms with E-state index in [-0.39, 0.29) is 11.5 Å². The van der Waals surface area contributed by atoms with Gasteiger partial charge in [-0.25, -0.2) is 0 Å². The Hall–Kier alpha value is -2.16. The van der Waals surface area contributed by atoms with Gasteiger partial charge in [-0.05, 0) is 30.7 Å². The fourth-order valence-corrected chi connectivity index (χ4v) is 1.82. The first-order valence-corrected chi connectivity index (χ1v) is 5.99. The molecule has 2 rings (SSSR count). The summed E-state index contributed by atoms with van der Waals surface area (Å²) in [6, 6.07) is 12.1. The van der Waals surface area contributed by atoms with Crippen LogP contribution < -0.4 is 4.74 Å². The first-order chi connectivity index (χ1) is 8.72. The number of aromatic hydroxyl groups is 2. The molecule has 94 valence electrons. The van der Waals surface area contributed by atoms with Crippen molar-refractivity contribution in [1.82, 2.24) is 0 Å². The normalized spacial score (nSPS) is 10.3. The SMILES string of the molecule is CCCc1c(O)ccc(O)c1Oc1ccccc1. The first-order valence-electron chi connectivity index (χ1n) is 5.99. The van der Waals surface area contributed by atoms with Gasteiger partial charge in [0.05, 0.1) is 0 Å². The number of phenolic OH excluding ortho intramolecular Hbond substituents is 2. The molecule has 0 aliphatic rings. The van der Waals surface area contributed by atoms with E-state index in [9.17, 15) is 10.2 Å². The lowest BCUT2D eigenvalue weighted by atomic mass is 10.1. The van der Waals surface area contributed by atoms with Crippen LogP contribution in [0.1, 0.15) is 18.9 Å². The zero-order valence-corrected chi connectivity index (χ0v) is 10.3. The maximum atomic E-state index is 9.87. The van der Waals surface area contributed by atoms with E-state index in [0.717, 1.165) is 6.42 Å². The Balaban J connectivity index is 2.39. The number of para-hydroxylation sites is 1. The fraction of sp³-hybridized carbons (Fsp3) is 0.200. The van der Waals surface area contributed by atoms with Crippen molar-refractivity contribution in [2.45, 2.75) is 19.8 Å². The Morgan fingerprint density at radius 3 is 2.28 bits per heavy atom. The summed E-state index contributed by atoms with van der Waals surface area (Å²) in [4.78, 5) is 0. The van der Waals surface area contributed by atoms with Gasteiger partial charge in [0.2, 0.25) is 0 Å². The van der Waals surface area contributed by atoms with Gasteiger partial charge in [0, 0.05) is 5.56 Å². The molecule has 0 amide bonds. The smallest absolute Gasteiger partial charge is 0.175 e. The largest absolute Gasteiger partial charge is 0.508 e. The minimum atomic E-state index is 0.0418. The predicted molar refractivity (Wildman–Crippen MR) is 70.3 cm³/mol. The monoisotopic (exact) mass is 244 g/mol. The van der Waals surface area contributed by atoms with Crippen LogP contribution in [0, 0.1) is 0 Å². The zero-order valence-electron chi connectivity index (χ0n) is 10.3. The second kappa shape index (κ2) is 5.45. The van der Waals surface area contributed by atoms with Gasteiger partial charge in [-0.15, -0.1) is 0 Å². The van der Waals surface area contributed by atoms with Gasteiger partial charge >= 0.3 is 0 Å². The highest BCUT2D eigenvalue weighted by Gasteiger charge is 2.14. The summed E-state index contributed by atoms with van der Waals surface area (Å²) in [5.74, 6) is 1.17. The molecule has 0 aromatic heterocycles. The van der Waals surface area contributed by atoms with Crippen molar-refractivity contribution in [3.8, 4) is 23.0 Å². The van der Waals surface area contributed by atoms with E-state index < -0.39 is 0 Å². The molecule has 18 heavy (non-hydrogen) atoms. The van der Waals surface area contributed by atoms with Crippen molar-refractivity contribution in [2.75, 3.05) is 0 Å². The third kappa shape index (κ3) is 2.56. The molecule has 0 bridgehead atoms. The molecule has 0 saturated heterocycles. The quantitative estimate of drug-likeness (QED) is 0.803. The summed E-state index contributed by atoms with van der Waals surface area (Å²) >= 11 is 0. The van der Waals surface area contributed by atoms with Crippen LogP contribution in [0.3, 0.4) is 0 Å². The standard InChI is InChI=1S/C15H16O3/c1-2-6-12-13(16)9-10-14(17)15(12)18-11-7-4-3-5-8-11/h3-5,7-10,16-17H,2,6H2,1H3. The molecule has 0 atom stereocenters. The van der Waals surface area contributed by atoms with Crippen molar-refractivity contribution in [1.29, 1.82) is 0 Å². The Bertz CT molecular complexity index is 521. The molecule has 0 aliphatic carbocycles.